The SMILES string of the molecule is CC(C)(C)c1ccc(C(=O)N/N=C\c2cccc(Cl)c2Cl)cc1. The summed E-state index contributed by atoms with van der Waals surface area (Å²) in [6, 6.07) is 12.7. The van der Waals surface area contributed by atoms with Crippen LogP contribution in [0, 0.1) is 0 Å². The van der Waals surface area contributed by atoms with E-state index in [0.717, 1.165) is 0 Å². The first-order valence-corrected chi connectivity index (χ1v) is 7.92. The molecule has 5 heteroatoms. The molecule has 120 valence electrons. The molecule has 3 nitrogen and oxygen atoms in total. The number of carbonyl (C=O) groups is 1. The van der Waals surface area contributed by atoms with Gasteiger partial charge in [-0.2, -0.15) is 5.10 Å². The summed E-state index contributed by atoms with van der Waals surface area (Å²) >= 11 is 12.0. The number of nitrogens with zero attached hydrogens (tertiary/aromatic N) is 1. The Morgan fingerprint density at radius 3 is 2.35 bits per heavy atom. The molecule has 0 heterocycles. The quantitative estimate of drug-likeness (QED) is 0.611. The molecule has 1 N–H and O–H groups in total. The van der Waals surface area contributed by atoms with Crippen molar-refractivity contribution in [3.8, 4) is 0 Å². The van der Waals surface area contributed by atoms with Gasteiger partial charge in [0.25, 0.3) is 5.91 Å². The second-order valence-electron chi connectivity index (χ2n) is 6.17. The number of nitrogens with one attached hydrogen (secondary N) is 1. The number of halogens is 2. The lowest BCUT2D eigenvalue weighted by molar-refractivity contribution is 0.0955. The fourth-order valence-electron chi connectivity index (χ4n) is 1.97. The highest BCUT2D eigenvalue weighted by Crippen LogP contribution is 2.24. The largest absolute Gasteiger partial charge is 0.271 e. The second-order valence-corrected chi connectivity index (χ2v) is 6.95. The van der Waals surface area contributed by atoms with E-state index in [1.54, 1.807) is 30.3 Å². The molecule has 0 aliphatic rings. The summed E-state index contributed by atoms with van der Waals surface area (Å²) < 4.78 is 0. The van der Waals surface area contributed by atoms with Crippen LogP contribution in [0.25, 0.3) is 0 Å². The topological polar surface area (TPSA) is 41.5 Å². The van der Waals surface area contributed by atoms with Crippen LogP contribution in [0.1, 0.15) is 42.3 Å². The van der Waals surface area contributed by atoms with Gasteiger partial charge in [0.15, 0.2) is 0 Å². The highest BCUT2D eigenvalue weighted by molar-refractivity contribution is 6.43. The third-order valence-corrected chi connectivity index (χ3v) is 4.20. The van der Waals surface area contributed by atoms with Gasteiger partial charge >= 0.3 is 0 Å². The monoisotopic (exact) mass is 348 g/mol. The van der Waals surface area contributed by atoms with E-state index in [-0.39, 0.29) is 11.3 Å². The van der Waals surface area contributed by atoms with Crippen LogP contribution in [-0.4, -0.2) is 12.1 Å². The van der Waals surface area contributed by atoms with Gasteiger partial charge in [-0.1, -0.05) is 68.2 Å². The zero-order valence-corrected chi connectivity index (χ0v) is 14.7. The summed E-state index contributed by atoms with van der Waals surface area (Å²) in [5.74, 6) is -0.278. The first kappa shape index (κ1) is 17.5. The maximum atomic E-state index is 12.1. The zero-order chi connectivity index (χ0) is 17.0. The summed E-state index contributed by atoms with van der Waals surface area (Å²) in [5.41, 5.74) is 4.89. The summed E-state index contributed by atoms with van der Waals surface area (Å²) in [6.45, 7) is 6.38. The van der Waals surface area contributed by atoms with E-state index < -0.39 is 0 Å². The number of amides is 1. The maximum absolute atomic E-state index is 12.1. The fraction of sp³-hybridized carbons (Fsp3) is 0.222. The first-order chi connectivity index (χ1) is 10.8. The molecule has 1 amide bonds. The van der Waals surface area contributed by atoms with Gasteiger partial charge in [-0.15, -0.1) is 0 Å². The van der Waals surface area contributed by atoms with Crippen molar-refractivity contribution in [1.29, 1.82) is 0 Å². The molecule has 0 aliphatic carbocycles. The standard InChI is InChI=1S/C18H18Cl2N2O/c1-18(2,3)14-9-7-12(8-10-14)17(23)22-21-11-13-5-4-6-15(19)16(13)20/h4-11H,1-3H3,(H,22,23)/b21-11-. The lowest BCUT2D eigenvalue weighted by atomic mass is 9.87. The van der Waals surface area contributed by atoms with E-state index in [2.05, 4.69) is 31.3 Å². The normalized spacial score (nSPS) is 11.7. The number of carbonyl (C=O) groups excluding carboxylic acids is 1. The molecule has 2 aromatic rings. The average Bonchev–Trinajstić information content (AvgIpc) is 2.50. The molecule has 0 aromatic heterocycles. The Balaban J connectivity index is 2.05. The Morgan fingerprint density at radius 2 is 1.74 bits per heavy atom. The molecule has 0 bridgehead atoms. The lowest BCUT2D eigenvalue weighted by Crippen LogP contribution is -2.18. The number of hydrogen-bond acceptors (Lipinski definition) is 2. The van der Waals surface area contributed by atoms with Gasteiger partial charge in [0, 0.05) is 11.1 Å². The highest BCUT2D eigenvalue weighted by Gasteiger charge is 2.14. The van der Waals surface area contributed by atoms with Gasteiger partial charge in [-0.3, -0.25) is 4.79 Å². The van der Waals surface area contributed by atoms with Crippen LogP contribution in [0.3, 0.4) is 0 Å². The molecular formula is C18H18Cl2N2O. The smallest absolute Gasteiger partial charge is 0.267 e. The predicted octanol–water partition coefficient (Wildman–Crippen LogP) is 5.05. The van der Waals surface area contributed by atoms with E-state index in [4.69, 9.17) is 23.2 Å². The molecule has 0 unspecified atom stereocenters. The third-order valence-electron chi connectivity index (χ3n) is 3.36. The van der Waals surface area contributed by atoms with Gasteiger partial charge in [0.1, 0.15) is 0 Å². The molecule has 0 atom stereocenters. The minimum Gasteiger partial charge on any atom is -0.267 e. The van der Waals surface area contributed by atoms with Crippen LogP contribution < -0.4 is 5.43 Å². The Morgan fingerprint density at radius 1 is 1.09 bits per heavy atom. The summed E-state index contributed by atoms with van der Waals surface area (Å²) in [5, 5.41) is 4.77. The van der Waals surface area contributed by atoms with Crippen molar-refractivity contribution in [2.45, 2.75) is 26.2 Å². The van der Waals surface area contributed by atoms with E-state index in [1.165, 1.54) is 11.8 Å². The second kappa shape index (κ2) is 7.16. The van der Waals surface area contributed by atoms with Crippen LogP contribution in [0.15, 0.2) is 47.6 Å². The van der Waals surface area contributed by atoms with E-state index in [0.29, 0.717) is 21.2 Å². The van der Waals surface area contributed by atoms with Crippen LogP contribution in [0.5, 0.6) is 0 Å². The molecule has 0 saturated carbocycles. The molecule has 0 radical (unpaired) electrons. The highest BCUT2D eigenvalue weighted by atomic mass is 35.5. The first-order valence-electron chi connectivity index (χ1n) is 7.17. The van der Waals surface area contributed by atoms with E-state index in [1.807, 2.05) is 12.1 Å². The van der Waals surface area contributed by atoms with Crippen molar-refractivity contribution in [3.05, 3.63) is 69.2 Å². The molecule has 0 spiro atoms. The van der Waals surface area contributed by atoms with Crippen molar-refractivity contribution < 1.29 is 4.79 Å². The Labute approximate surface area is 146 Å². The Kier molecular flexibility index (Phi) is 5.45. The molecule has 2 aromatic carbocycles. The molecule has 0 aliphatic heterocycles. The van der Waals surface area contributed by atoms with Gasteiger partial charge in [0.05, 0.1) is 16.3 Å². The third kappa shape index (κ3) is 4.57. The number of hydrogen-bond donors (Lipinski definition) is 1. The van der Waals surface area contributed by atoms with Crippen LogP contribution in [0.4, 0.5) is 0 Å². The zero-order valence-electron chi connectivity index (χ0n) is 13.2. The summed E-state index contributed by atoms with van der Waals surface area (Å²) in [4.78, 5) is 12.1. The van der Waals surface area contributed by atoms with Crippen molar-refractivity contribution in [2.75, 3.05) is 0 Å². The van der Waals surface area contributed by atoms with E-state index in [9.17, 15) is 4.79 Å². The predicted molar refractivity (Wildman–Crippen MR) is 96.7 cm³/mol. The minimum absolute atomic E-state index is 0.0521. The van der Waals surface area contributed by atoms with Crippen molar-refractivity contribution in [3.63, 3.8) is 0 Å². The van der Waals surface area contributed by atoms with Crippen LogP contribution in [-0.2, 0) is 5.41 Å². The molecule has 0 fully saturated rings. The Bertz CT molecular complexity index is 732. The maximum Gasteiger partial charge on any atom is 0.271 e. The number of hydrazone groups is 1. The van der Waals surface area contributed by atoms with Gasteiger partial charge < -0.3 is 0 Å². The molecular weight excluding hydrogens is 331 g/mol. The van der Waals surface area contributed by atoms with Gasteiger partial charge in [-0.05, 0) is 29.2 Å². The minimum atomic E-state index is -0.278. The average molecular weight is 349 g/mol. The number of rotatable bonds is 3. The summed E-state index contributed by atoms with van der Waals surface area (Å²) in [7, 11) is 0. The molecule has 0 saturated heterocycles. The number of benzene rings is 2. The van der Waals surface area contributed by atoms with Crippen LogP contribution >= 0.6 is 23.2 Å². The lowest BCUT2D eigenvalue weighted by Gasteiger charge is -2.18. The van der Waals surface area contributed by atoms with Crippen molar-refractivity contribution in [2.24, 2.45) is 5.10 Å². The summed E-state index contributed by atoms with van der Waals surface area (Å²) in [6.07, 6.45) is 1.47. The molecule has 23 heavy (non-hydrogen) atoms. The van der Waals surface area contributed by atoms with Crippen LogP contribution in [0.2, 0.25) is 10.0 Å². The van der Waals surface area contributed by atoms with Gasteiger partial charge in [-0.25, -0.2) is 5.43 Å². The fourth-order valence-corrected chi connectivity index (χ4v) is 2.32. The molecule has 2 rings (SSSR count). The van der Waals surface area contributed by atoms with Gasteiger partial charge in [0.2, 0.25) is 0 Å². The Hall–Kier alpha value is -1.84. The van der Waals surface area contributed by atoms with Crippen molar-refractivity contribution in [1.82, 2.24) is 5.43 Å². The van der Waals surface area contributed by atoms with E-state index >= 15 is 0 Å². The van der Waals surface area contributed by atoms with Crippen molar-refractivity contribution >= 4 is 35.3 Å².